The minimum atomic E-state index is -3.46. The van der Waals surface area contributed by atoms with E-state index in [-0.39, 0.29) is 62.7 Å². The molecule has 1 aromatic rings. The number of benzene rings is 1. The Morgan fingerprint density at radius 1 is 0.984 bits per heavy atom. The third kappa shape index (κ3) is 14.8. The molecule has 63 heavy (non-hydrogen) atoms. The number of carbonyl (C=O) groups excluding carboxylic acids is 8. The normalized spacial score (nSPS) is 22.9. The van der Waals surface area contributed by atoms with Crippen molar-refractivity contribution in [3.05, 3.63) is 29.8 Å². The Morgan fingerprint density at radius 2 is 1.63 bits per heavy atom. The van der Waals surface area contributed by atoms with Crippen LogP contribution in [0.2, 0.25) is 0 Å². The standard InChI is InChI=1S/C39H58FN7O16/c1-20(2)28(45-25(50)9-5-4-6-17-47-26(51)14-15-27(47)52)35(56)44-23(8-7-16-42-37(41)58)34(55)43-22-12-10-21(11-13-22)19-62-38(59)46-29-31(54)33(40)39(60,36(57)61-3)63-32(29)30(53)24(49)18-48/h10-13,20,23-24,28-33,48-49,53-54,60H,4-9,14-19H2,1-3H3,(H,43,55)(H,44,56)(H,45,50)(H,46,59)(H3,41,42,58)/t23?,24-,28?,29-,30-,31-,32-,33?,39?/m1/s1. The number of nitrogens with zero attached hydrogens (tertiary/aromatic N) is 1. The van der Waals surface area contributed by atoms with E-state index in [1.165, 1.54) is 29.2 Å². The van der Waals surface area contributed by atoms with E-state index in [9.17, 15) is 63.9 Å². The number of imide groups is 1. The molecule has 4 unspecified atom stereocenters. The fraction of sp³-hybridized carbons (Fsp3) is 0.641. The van der Waals surface area contributed by atoms with E-state index in [1.54, 1.807) is 13.8 Å². The Balaban J connectivity index is 1.60. The van der Waals surface area contributed by atoms with Gasteiger partial charge in [0.25, 0.3) is 0 Å². The molecular formula is C39H58FN7O16. The van der Waals surface area contributed by atoms with Gasteiger partial charge in [0, 0.05) is 38.0 Å². The SMILES string of the molecule is COC(=O)C1(O)O[C@@H]([C@H](O)[C@H](O)CO)[C@H](NC(=O)OCc2ccc(NC(=O)C(CCCNC(N)=O)NC(=O)C(NC(=O)CCCCCN3C(=O)CCC3=O)C(C)C)cc2)[C@@H](O)C1F. The zero-order valence-electron chi connectivity index (χ0n) is 35.1. The number of rotatable bonds is 23. The minimum Gasteiger partial charge on any atom is -0.465 e. The second-order valence-electron chi connectivity index (χ2n) is 15.4. The van der Waals surface area contributed by atoms with Crippen LogP contribution in [0.5, 0.6) is 0 Å². The van der Waals surface area contributed by atoms with Gasteiger partial charge < -0.3 is 72.1 Å². The second kappa shape index (κ2) is 24.4. The fourth-order valence-electron chi connectivity index (χ4n) is 6.71. The number of primary amides is 1. The van der Waals surface area contributed by atoms with E-state index in [1.807, 2.05) is 0 Å². The quantitative estimate of drug-likeness (QED) is 0.0312. The molecule has 0 spiro atoms. The number of carbonyl (C=O) groups is 8. The van der Waals surface area contributed by atoms with E-state index >= 15 is 4.39 Å². The third-order valence-corrected chi connectivity index (χ3v) is 10.3. The van der Waals surface area contributed by atoms with Gasteiger partial charge in [-0.05, 0) is 49.3 Å². The Kier molecular flexibility index (Phi) is 20.0. The number of unbranched alkanes of at least 4 members (excludes halogenated alkanes) is 2. The largest absolute Gasteiger partial charge is 0.465 e. The summed E-state index contributed by atoms with van der Waals surface area (Å²) in [5.41, 5.74) is 5.72. The summed E-state index contributed by atoms with van der Waals surface area (Å²) in [6, 6.07) is 0.852. The van der Waals surface area contributed by atoms with Crippen molar-refractivity contribution in [3.63, 3.8) is 0 Å². The van der Waals surface area contributed by atoms with Gasteiger partial charge in [-0.2, -0.15) is 0 Å². The van der Waals surface area contributed by atoms with E-state index < -0.39 is 109 Å². The number of methoxy groups -OCH3 is 1. The number of esters is 1. The molecule has 23 nitrogen and oxygen atoms in total. The molecule has 0 saturated carbocycles. The predicted molar refractivity (Wildman–Crippen MR) is 214 cm³/mol. The maximum absolute atomic E-state index is 15.1. The molecule has 2 saturated heterocycles. The van der Waals surface area contributed by atoms with Crippen molar-refractivity contribution in [2.45, 2.75) is 126 Å². The number of likely N-dealkylation sites (tertiary alicyclic amines) is 1. The molecule has 2 fully saturated rings. The minimum absolute atomic E-state index is 0.0440. The average Bonchev–Trinajstić information content (AvgIpc) is 3.57. The molecule has 0 bridgehead atoms. The van der Waals surface area contributed by atoms with Crippen LogP contribution in [0.3, 0.4) is 0 Å². The van der Waals surface area contributed by atoms with Gasteiger partial charge in [0.05, 0.1) is 19.8 Å². The van der Waals surface area contributed by atoms with Crippen LogP contribution in [0.15, 0.2) is 24.3 Å². The first-order chi connectivity index (χ1) is 29.7. The molecule has 0 radical (unpaired) electrons. The second-order valence-corrected chi connectivity index (χ2v) is 15.4. The van der Waals surface area contributed by atoms with E-state index in [0.717, 1.165) is 7.11 Å². The molecule has 8 amide bonds. The number of ether oxygens (including phenoxy) is 3. The lowest BCUT2D eigenvalue weighted by Gasteiger charge is -2.46. The Hall–Kier alpha value is -5.53. The molecule has 352 valence electrons. The van der Waals surface area contributed by atoms with Gasteiger partial charge in [0.2, 0.25) is 29.5 Å². The zero-order valence-corrected chi connectivity index (χ0v) is 35.1. The molecule has 24 heteroatoms. The highest BCUT2D eigenvalue weighted by molar-refractivity contribution is 6.02. The average molecular weight is 900 g/mol. The number of amides is 8. The molecule has 2 aliphatic heterocycles. The number of halogens is 1. The summed E-state index contributed by atoms with van der Waals surface area (Å²) >= 11 is 0. The number of alkyl halides is 1. The summed E-state index contributed by atoms with van der Waals surface area (Å²) in [5.74, 6) is -7.67. The number of hydrogen-bond donors (Lipinski definition) is 11. The molecule has 0 aromatic heterocycles. The number of nitrogens with two attached hydrogens (primary N) is 1. The van der Waals surface area contributed by atoms with Crippen molar-refractivity contribution in [2.24, 2.45) is 11.7 Å². The van der Waals surface area contributed by atoms with E-state index in [0.29, 0.717) is 24.8 Å². The van der Waals surface area contributed by atoms with Gasteiger partial charge in [-0.25, -0.2) is 18.8 Å². The first-order valence-corrected chi connectivity index (χ1v) is 20.3. The maximum Gasteiger partial charge on any atom is 0.407 e. The topological polar surface area (TPSA) is 355 Å². The number of urea groups is 1. The van der Waals surface area contributed by atoms with Gasteiger partial charge in [-0.1, -0.05) is 32.4 Å². The van der Waals surface area contributed by atoms with Crippen LogP contribution in [0.1, 0.15) is 70.8 Å². The summed E-state index contributed by atoms with van der Waals surface area (Å²) in [4.78, 5) is 101. The van der Waals surface area contributed by atoms with Gasteiger partial charge in [-0.3, -0.25) is 28.9 Å². The fourth-order valence-corrected chi connectivity index (χ4v) is 6.71. The Bertz CT molecular complexity index is 1760. The monoisotopic (exact) mass is 899 g/mol. The summed E-state index contributed by atoms with van der Waals surface area (Å²) in [6.45, 7) is 2.27. The summed E-state index contributed by atoms with van der Waals surface area (Å²) < 4.78 is 29.6. The lowest BCUT2D eigenvalue weighted by molar-refractivity contribution is -0.321. The van der Waals surface area contributed by atoms with Gasteiger partial charge in [0.1, 0.15) is 43.1 Å². The molecule has 2 heterocycles. The van der Waals surface area contributed by atoms with Gasteiger partial charge in [-0.15, -0.1) is 0 Å². The number of nitrogens with one attached hydrogen (secondary N) is 5. The lowest BCUT2D eigenvalue weighted by Crippen LogP contribution is -2.72. The lowest BCUT2D eigenvalue weighted by atomic mass is 9.87. The van der Waals surface area contributed by atoms with Crippen LogP contribution in [0, 0.1) is 5.92 Å². The zero-order chi connectivity index (χ0) is 47.0. The summed E-state index contributed by atoms with van der Waals surface area (Å²) in [7, 11) is 0.777. The third-order valence-electron chi connectivity index (χ3n) is 10.3. The van der Waals surface area contributed by atoms with Crippen molar-refractivity contribution in [2.75, 3.05) is 32.1 Å². The number of aliphatic hydroxyl groups is 5. The van der Waals surface area contributed by atoms with Crippen molar-refractivity contribution in [1.82, 2.24) is 26.2 Å². The van der Waals surface area contributed by atoms with Gasteiger partial charge >= 0.3 is 23.9 Å². The number of alkyl carbamates (subject to hydrolysis) is 1. The predicted octanol–water partition coefficient (Wildman–Crippen LogP) is -2.32. The molecule has 1 aromatic carbocycles. The van der Waals surface area contributed by atoms with Crippen LogP contribution in [-0.4, -0.2) is 159 Å². The smallest absolute Gasteiger partial charge is 0.407 e. The first-order valence-electron chi connectivity index (χ1n) is 20.3. The first kappa shape index (κ1) is 51.8. The van der Waals surface area contributed by atoms with Crippen molar-refractivity contribution < 1.29 is 82.5 Å². The number of anilines is 1. The Morgan fingerprint density at radius 3 is 2.22 bits per heavy atom. The van der Waals surface area contributed by atoms with Crippen molar-refractivity contribution in [3.8, 4) is 0 Å². The molecular weight excluding hydrogens is 841 g/mol. The van der Waals surface area contributed by atoms with Gasteiger partial charge in [0.15, 0.2) is 6.17 Å². The maximum atomic E-state index is 15.1. The van der Waals surface area contributed by atoms with Crippen molar-refractivity contribution >= 4 is 53.3 Å². The van der Waals surface area contributed by atoms with E-state index in [4.69, 9.17) is 15.2 Å². The Labute approximate surface area is 361 Å². The van der Waals surface area contributed by atoms with Crippen LogP contribution in [-0.2, 0) is 49.6 Å². The molecule has 2 aliphatic rings. The van der Waals surface area contributed by atoms with Crippen LogP contribution in [0.4, 0.5) is 19.7 Å². The van der Waals surface area contributed by atoms with Crippen LogP contribution < -0.4 is 32.3 Å². The van der Waals surface area contributed by atoms with Crippen molar-refractivity contribution in [1.29, 1.82) is 0 Å². The number of hydrogen-bond acceptors (Lipinski definition) is 16. The number of aliphatic hydroxyl groups excluding tert-OH is 4. The van der Waals surface area contributed by atoms with Crippen LogP contribution in [0.25, 0.3) is 0 Å². The summed E-state index contributed by atoms with van der Waals surface area (Å²) in [5, 5.41) is 63.3. The molecule has 12 N–H and O–H groups in total. The highest BCUT2D eigenvalue weighted by Crippen LogP contribution is 2.34. The highest BCUT2D eigenvalue weighted by Gasteiger charge is 2.62. The van der Waals surface area contributed by atoms with E-state index in [2.05, 4.69) is 31.3 Å². The summed E-state index contributed by atoms with van der Waals surface area (Å²) in [6.07, 6.45) is -10.6. The molecule has 9 atom stereocenters. The molecule has 3 rings (SSSR count). The molecule has 0 aliphatic carbocycles. The van der Waals surface area contributed by atoms with Crippen LogP contribution >= 0.6 is 0 Å². The highest BCUT2D eigenvalue weighted by atomic mass is 19.1.